The number of nitrogens with zero attached hydrogens (tertiary/aromatic N) is 3. The van der Waals surface area contributed by atoms with Crippen LogP contribution in [0.4, 0.5) is 13.2 Å². The summed E-state index contributed by atoms with van der Waals surface area (Å²) in [5.74, 6) is 0.794. The Kier molecular flexibility index (Phi) is 4.82. The average Bonchev–Trinajstić information content (AvgIpc) is 2.95. The number of halogens is 3. The summed E-state index contributed by atoms with van der Waals surface area (Å²) in [6.07, 6.45) is -2.55. The van der Waals surface area contributed by atoms with Crippen molar-refractivity contribution in [3.8, 4) is 17.5 Å². The highest BCUT2D eigenvalue weighted by Gasteiger charge is 2.31. The van der Waals surface area contributed by atoms with Gasteiger partial charge in [0, 0.05) is 18.7 Å². The lowest BCUT2D eigenvalue weighted by Crippen LogP contribution is -2.34. The summed E-state index contributed by atoms with van der Waals surface area (Å²) in [6, 6.07) is 7.26. The molecule has 1 fully saturated rings. The number of aryl methyl sites for hydroxylation is 1. The maximum absolute atomic E-state index is 12.9. The fourth-order valence-corrected chi connectivity index (χ4v) is 3.04. The number of rotatable bonds is 3. The second kappa shape index (κ2) is 6.89. The quantitative estimate of drug-likeness (QED) is 0.824. The fraction of sp³-hybridized carbons (Fsp3) is 0.444. The Morgan fingerprint density at radius 3 is 2.92 bits per heavy atom. The molecule has 0 radical (unpaired) electrons. The lowest BCUT2D eigenvalue weighted by molar-refractivity contribution is -0.137. The minimum atomic E-state index is -4.40. The van der Waals surface area contributed by atoms with Crippen LogP contribution in [0.5, 0.6) is 0 Å². The second-order valence-electron chi connectivity index (χ2n) is 6.30. The Morgan fingerprint density at radius 1 is 1.40 bits per heavy atom. The van der Waals surface area contributed by atoms with Gasteiger partial charge in [-0.25, -0.2) is 4.98 Å². The number of piperidine rings is 1. The smallest absolute Gasteiger partial charge is 0.416 e. The van der Waals surface area contributed by atoms with Crippen molar-refractivity contribution in [1.29, 1.82) is 5.26 Å². The van der Waals surface area contributed by atoms with Gasteiger partial charge in [-0.05, 0) is 44.5 Å². The van der Waals surface area contributed by atoms with E-state index in [2.05, 4.69) is 16.0 Å². The first-order valence-electron chi connectivity index (χ1n) is 8.12. The molecule has 1 aliphatic heterocycles. The average molecular weight is 349 g/mol. The molecule has 132 valence electrons. The van der Waals surface area contributed by atoms with E-state index in [4.69, 9.17) is 9.68 Å². The number of nitriles is 1. The van der Waals surface area contributed by atoms with Gasteiger partial charge in [-0.2, -0.15) is 18.4 Å². The second-order valence-corrected chi connectivity index (χ2v) is 6.30. The van der Waals surface area contributed by atoms with Gasteiger partial charge in [0.2, 0.25) is 5.89 Å². The van der Waals surface area contributed by atoms with E-state index in [9.17, 15) is 13.2 Å². The van der Waals surface area contributed by atoms with Crippen molar-refractivity contribution >= 4 is 0 Å². The van der Waals surface area contributed by atoms with Crippen LogP contribution >= 0.6 is 0 Å². The van der Waals surface area contributed by atoms with Crippen LogP contribution in [0.3, 0.4) is 0 Å². The number of hydrogen-bond acceptors (Lipinski definition) is 4. The molecule has 3 rings (SSSR count). The Balaban J connectivity index is 1.80. The Morgan fingerprint density at radius 2 is 2.20 bits per heavy atom. The van der Waals surface area contributed by atoms with Crippen LogP contribution in [-0.4, -0.2) is 23.0 Å². The predicted octanol–water partition coefficient (Wildman–Crippen LogP) is 4.40. The summed E-state index contributed by atoms with van der Waals surface area (Å²) < 4.78 is 44.2. The third-order valence-corrected chi connectivity index (χ3v) is 4.39. The molecule has 2 heterocycles. The largest absolute Gasteiger partial charge is 0.441 e. The number of likely N-dealkylation sites (tertiary alicyclic amines) is 1. The molecule has 0 spiro atoms. The van der Waals surface area contributed by atoms with Crippen molar-refractivity contribution in [2.75, 3.05) is 13.1 Å². The minimum Gasteiger partial charge on any atom is -0.441 e. The van der Waals surface area contributed by atoms with E-state index in [1.165, 1.54) is 6.07 Å². The van der Waals surface area contributed by atoms with E-state index in [0.29, 0.717) is 30.1 Å². The molecule has 1 aliphatic rings. The normalized spacial score (nSPS) is 18.9. The third kappa shape index (κ3) is 4.02. The highest BCUT2D eigenvalue weighted by Crippen LogP contribution is 2.32. The van der Waals surface area contributed by atoms with Gasteiger partial charge in [0.1, 0.15) is 5.76 Å². The van der Waals surface area contributed by atoms with Gasteiger partial charge >= 0.3 is 6.18 Å². The number of aromatic nitrogens is 1. The van der Waals surface area contributed by atoms with Crippen molar-refractivity contribution in [3.63, 3.8) is 0 Å². The van der Waals surface area contributed by atoms with Crippen LogP contribution in [0.1, 0.15) is 29.9 Å². The Bertz CT molecular complexity index is 792. The standard InChI is InChI=1S/C18H18F3N3O/c1-12-16(11-24-7-3-4-13(9-22)10-24)23-17(25-12)14-5-2-6-15(8-14)18(19,20)21/h2,5-6,8,13H,3-4,7,10-11H2,1H3/t13-/m1/s1. The van der Waals surface area contributed by atoms with Crippen molar-refractivity contribution < 1.29 is 17.6 Å². The molecule has 1 aromatic carbocycles. The molecule has 2 aromatic rings. The molecule has 1 aromatic heterocycles. The van der Waals surface area contributed by atoms with Gasteiger partial charge in [-0.15, -0.1) is 0 Å². The Hall–Kier alpha value is -2.33. The van der Waals surface area contributed by atoms with Crippen molar-refractivity contribution in [2.24, 2.45) is 5.92 Å². The van der Waals surface area contributed by atoms with Crippen LogP contribution in [-0.2, 0) is 12.7 Å². The molecule has 0 N–H and O–H groups in total. The lowest BCUT2D eigenvalue weighted by Gasteiger charge is -2.28. The maximum atomic E-state index is 12.9. The van der Waals surface area contributed by atoms with Gasteiger partial charge in [0.05, 0.1) is 23.2 Å². The van der Waals surface area contributed by atoms with Crippen molar-refractivity contribution in [2.45, 2.75) is 32.5 Å². The van der Waals surface area contributed by atoms with Crippen LogP contribution in [0.2, 0.25) is 0 Å². The molecule has 0 amide bonds. The molecule has 0 saturated carbocycles. The number of benzene rings is 1. The van der Waals surface area contributed by atoms with Gasteiger partial charge in [0.15, 0.2) is 0 Å². The fourth-order valence-electron chi connectivity index (χ4n) is 3.04. The number of oxazole rings is 1. The molecular formula is C18H18F3N3O. The van der Waals surface area contributed by atoms with Crippen molar-refractivity contribution in [1.82, 2.24) is 9.88 Å². The molecule has 1 atom stereocenters. The van der Waals surface area contributed by atoms with Crippen LogP contribution in [0.25, 0.3) is 11.5 Å². The number of hydrogen-bond donors (Lipinski definition) is 0. The van der Waals surface area contributed by atoms with Crippen LogP contribution < -0.4 is 0 Å². The summed E-state index contributed by atoms with van der Waals surface area (Å²) >= 11 is 0. The summed E-state index contributed by atoms with van der Waals surface area (Å²) in [7, 11) is 0. The van der Waals surface area contributed by atoms with Crippen LogP contribution in [0, 0.1) is 24.2 Å². The van der Waals surface area contributed by atoms with Gasteiger partial charge in [0.25, 0.3) is 0 Å². The van der Waals surface area contributed by atoms with E-state index in [-0.39, 0.29) is 11.8 Å². The molecule has 7 heteroatoms. The highest BCUT2D eigenvalue weighted by atomic mass is 19.4. The summed E-state index contributed by atoms with van der Waals surface area (Å²) in [5, 5.41) is 9.07. The zero-order chi connectivity index (χ0) is 18.0. The molecular weight excluding hydrogens is 331 g/mol. The Labute approximate surface area is 143 Å². The molecule has 1 saturated heterocycles. The lowest BCUT2D eigenvalue weighted by atomic mass is 9.99. The minimum absolute atomic E-state index is 0.0175. The van der Waals surface area contributed by atoms with Gasteiger partial charge < -0.3 is 4.42 Å². The van der Waals surface area contributed by atoms with Gasteiger partial charge in [-0.3, -0.25) is 4.90 Å². The van der Waals surface area contributed by atoms with Gasteiger partial charge in [-0.1, -0.05) is 6.07 Å². The topological polar surface area (TPSA) is 53.1 Å². The maximum Gasteiger partial charge on any atom is 0.416 e. The summed E-state index contributed by atoms with van der Waals surface area (Å²) in [6.45, 7) is 3.85. The summed E-state index contributed by atoms with van der Waals surface area (Å²) in [4.78, 5) is 6.53. The van der Waals surface area contributed by atoms with Crippen molar-refractivity contribution in [3.05, 3.63) is 41.3 Å². The zero-order valence-corrected chi connectivity index (χ0v) is 13.8. The zero-order valence-electron chi connectivity index (χ0n) is 13.8. The first-order chi connectivity index (χ1) is 11.9. The van der Waals surface area contributed by atoms with E-state index in [1.807, 2.05) is 0 Å². The highest BCUT2D eigenvalue weighted by molar-refractivity contribution is 5.55. The molecule has 25 heavy (non-hydrogen) atoms. The summed E-state index contributed by atoms with van der Waals surface area (Å²) in [5.41, 5.74) is 0.277. The monoisotopic (exact) mass is 349 g/mol. The van der Waals surface area contributed by atoms with E-state index < -0.39 is 11.7 Å². The SMILES string of the molecule is Cc1oc(-c2cccc(C(F)(F)F)c2)nc1CN1CCC[C@H](C#N)C1. The van der Waals surface area contributed by atoms with Crippen LogP contribution in [0.15, 0.2) is 28.7 Å². The molecule has 0 unspecified atom stereocenters. The van der Waals surface area contributed by atoms with E-state index >= 15 is 0 Å². The molecule has 4 nitrogen and oxygen atoms in total. The number of alkyl halides is 3. The molecule has 0 aliphatic carbocycles. The predicted molar refractivity (Wildman–Crippen MR) is 85.3 cm³/mol. The first kappa shape index (κ1) is 17.5. The van der Waals surface area contributed by atoms with E-state index in [0.717, 1.165) is 31.5 Å². The third-order valence-electron chi connectivity index (χ3n) is 4.39. The molecule has 0 bridgehead atoms. The first-order valence-corrected chi connectivity index (χ1v) is 8.12. The van der Waals surface area contributed by atoms with E-state index in [1.54, 1.807) is 13.0 Å².